The van der Waals surface area contributed by atoms with E-state index in [9.17, 15) is 9.90 Å². The molecule has 5 aromatic rings. The highest BCUT2D eigenvalue weighted by atomic mass is 16.5. The number of benzene rings is 3. The topological polar surface area (TPSA) is 85.5 Å². The largest absolute Gasteiger partial charge is 0.478 e. The van der Waals surface area contributed by atoms with Crippen molar-refractivity contribution in [3.05, 3.63) is 108 Å². The van der Waals surface area contributed by atoms with Gasteiger partial charge in [0, 0.05) is 23.4 Å². The zero-order valence-electron chi connectivity index (χ0n) is 17.9. The quantitative estimate of drug-likeness (QED) is 0.327. The van der Waals surface area contributed by atoms with Gasteiger partial charge in [-0.25, -0.2) is 9.78 Å². The molecule has 164 valence electrons. The number of nitrogens with zero attached hydrogens (tertiary/aromatic N) is 2. The van der Waals surface area contributed by atoms with Crippen molar-refractivity contribution in [3.8, 4) is 45.3 Å². The van der Waals surface area contributed by atoms with Crippen LogP contribution in [0.25, 0.3) is 33.7 Å². The average molecular weight is 446 g/mol. The third-order valence-electron chi connectivity index (χ3n) is 5.98. The second-order valence-electron chi connectivity index (χ2n) is 8.01. The van der Waals surface area contributed by atoms with Crippen LogP contribution in [0.15, 0.2) is 95.6 Å². The Balaban J connectivity index is 1.49. The van der Waals surface area contributed by atoms with Crippen LogP contribution in [0, 0.1) is 0 Å². The monoisotopic (exact) mass is 446 g/mol. The number of fused-ring (bicyclic) bond motifs is 3. The fourth-order valence-electron chi connectivity index (χ4n) is 4.37. The van der Waals surface area contributed by atoms with Gasteiger partial charge in [0.1, 0.15) is 0 Å². The third kappa shape index (κ3) is 3.33. The van der Waals surface area contributed by atoms with E-state index in [1.54, 1.807) is 0 Å². The van der Waals surface area contributed by atoms with E-state index in [1.165, 1.54) is 35.0 Å². The van der Waals surface area contributed by atoms with Crippen LogP contribution in [0.5, 0.6) is 11.6 Å². The molecule has 0 saturated heterocycles. The molecule has 1 N–H and O–H groups in total. The summed E-state index contributed by atoms with van der Waals surface area (Å²) in [4.78, 5) is 15.4. The van der Waals surface area contributed by atoms with Crippen molar-refractivity contribution in [2.24, 2.45) is 0 Å². The lowest BCUT2D eigenvalue weighted by molar-refractivity contribution is 0.0696. The van der Waals surface area contributed by atoms with Crippen LogP contribution in [0.3, 0.4) is 0 Å². The molecular weight excluding hydrogens is 428 g/mol. The molecule has 2 aromatic heterocycles. The van der Waals surface area contributed by atoms with Crippen molar-refractivity contribution in [3.63, 3.8) is 0 Å². The number of hydrogen-bond donors (Lipinski definition) is 1. The van der Waals surface area contributed by atoms with Gasteiger partial charge in [-0.1, -0.05) is 78.0 Å². The molecule has 0 radical (unpaired) electrons. The summed E-state index contributed by atoms with van der Waals surface area (Å²) in [6.07, 6.45) is 2.05. The number of pyridine rings is 1. The Hall–Kier alpha value is -4.71. The molecule has 1 aliphatic rings. The maximum absolute atomic E-state index is 11.2. The van der Waals surface area contributed by atoms with E-state index < -0.39 is 5.97 Å². The van der Waals surface area contributed by atoms with E-state index in [2.05, 4.69) is 28.3 Å². The summed E-state index contributed by atoms with van der Waals surface area (Å²) in [5.74, 6) is 0.148. The molecule has 3 aromatic carbocycles. The first-order valence-electron chi connectivity index (χ1n) is 10.8. The van der Waals surface area contributed by atoms with E-state index in [1.807, 2.05) is 54.6 Å². The van der Waals surface area contributed by atoms with Gasteiger partial charge in [0.05, 0.1) is 5.56 Å². The van der Waals surface area contributed by atoms with Gasteiger partial charge in [0.2, 0.25) is 17.4 Å². The van der Waals surface area contributed by atoms with Gasteiger partial charge in [-0.3, -0.25) is 0 Å². The minimum Gasteiger partial charge on any atom is -0.478 e. The van der Waals surface area contributed by atoms with Crippen LogP contribution >= 0.6 is 0 Å². The van der Waals surface area contributed by atoms with E-state index in [0.717, 1.165) is 23.1 Å². The molecule has 0 unspecified atom stereocenters. The Labute approximate surface area is 195 Å². The van der Waals surface area contributed by atoms with Crippen LogP contribution in [-0.4, -0.2) is 21.2 Å². The van der Waals surface area contributed by atoms with Gasteiger partial charge < -0.3 is 14.4 Å². The van der Waals surface area contributed by atoms with E-state index >= 15 is 0 Å². The van der Waals surface area contributed by atoms with Gasteiger partial charge in [0.25, 0.3) is 0 Å². The van der Waals surface area contributed by atoms with Gasteiger partial charge in [0.15, 0.2) is 5.69 Å². The van der Waals surface area contributed by atoms with Crippen LogP contribution in [-0.2, 0) is 6.42 Å². The van der Waals surface area contributed by atoms with Crippen molar-refractivity contribution in [2.45, 2.75) is 6.42 Å². The molecule has 0 amide bonds. The summed E-state index contributed by atoms with van der Waals surface area (Å²) < 4.78 is 12.1. The Kier molecular flexibility index (Phi) is 4.70. The van der Waals surface area contributed by atoms with Crippen LogP contribution in [0.1, 0.15) is 21.5 Å². The highest BCUT2D eigenvalue weighted by Crippen LogP contribution is 2.47. The summed E-state index contributed by atoms with van der Waals surface area (Å²) in [6, 6.07) is 27.1. The smallest absolute Gasteiger partial charge is 0.337 e. The van der Waals surface area contributed by atoms with Crippen LogP contribution in [0.4, 0.5) is 0 Å². The lowest BCUT2D eigenvalue weighted by Crippen LogP contribution is -1.98. The minimum absolute atomic E-state index is 0.0832. The predicted octanol–water partition coefficient (Wildman–Crippen LogP) is 6.47. The SMILES string of the molecule is O=C(O)c1ccc(Oc2c(-c3ccccc3)noc2-c2cccc3c2Cc2ccccc2-3)nc1. The molecule has 0 spiro atoms. The Morgan fingerprint density at radius 1 is 0.853 bits per heavy atom. The number of ether oxygens (including phenoxy) is 1. The van der Waals surface area contributed by atoms with Crippen LogP contribution in [0.2, 0.25) is 0 Å². The Bertz CT molecular complexity index is 1520. The van der Waals surface area contributed by atoms with Gasteiger partial charge >= 0.3 is 5.97 Å². The lowest BCUT2D eigenvalue weighted by Gasteiger charge is -2.10. The number of hydrogen-bond acceptors (Lipinski definition) is 5. The molecule has 34 heavy (non-hydrogen) atoms. The summed E-state index contributed by atoms with van der Waals surface area (Å²) in [6.45, 7) is 0. The van der Waals surface area contributed by atoms with Gasteiger partial charge in [-0.2, -0.15) is 0 Å². The van der Waals surface area contributed by atoms with Crippen molar-refractivity contribution in [2.75, 3.05) is 0 Å². The number of aromatic carboxylic acids is 1. The molecule has 0 saturated carbocycles. The van der Waals surface area contributed by atoms with E-state index in [-0.39, 0.29) is 11.4 Å². The first-order chi connectivity index (χ1) is 16.7. The van der Waals surface area contributed by atoms with Gasteiger partial charge in [-0.15, -0.1) is 0 Å². The molecule has 6 nitrogen and oxygen atoms in total. The van der Waals surface area contributed by atoms with Crippen molar-refractivity contribution in [1.29, 1.82) is 0 Å². The summed E-state index contributed by atoms with van der Waals surface area (Å²) in [5.41, 5.74) is 7.18. The first-order valence-corrected chi connectivity index (χ1v) is 10.8. The fourth-order valence-corrected chi connectivity index (χ4v) is 4.37. The zero-order valence-corrected chi connectivity index (χ0v) is 17.9. The number of rotatable bonds is 5. The van der Waals surface area contributed by atoms with Crippen LogP contribution < -0.4 is 4.74 Å². The molecule has 0 bridgehead atoms. The molecule has 0 fully saturated rings. The van der Waals surface area contributed by atoms with Crippen molar-refractivity contribution < 1.29 is 19.2 Å². The second kappa shape index (κ2) is 8.01. The summed E-state index contributed by atoms with van der Waals surface area (Å²) >= 11 is 0. The summed E-state index contributed by atoms with van der Waals surface area (Å²) in [7, 11) is 0. The predicted molar refractivity (Wildman–Crippen MR) is 127 cm³/mol. The zero-order chi connectivity index (χ0) is 23.1. The third-order valence-corrected chi connectivity index (χ3v) is 5.98. The molecule has 6 rings (SSSR count). The fraction of sp³-hybridized carbons (Fsp3) is 0.0357. The number of aromatic nitrogens is 2. The van der Waals surface area contributed by atoms with Crippen molar-refractivity contribution in [1.82, 2.24) is 10.1 Å². The number of carbonyl (C=O) groups is 1. The molecule has 0 atom stereocenters. The standard InChI is InChI=1S/C28H18N2O4/c31-28(32)19-13-14-24(29-16-19)33-27-25(17-7-2-1-3-8-17)30-34-26(27)22-12-6-11-21-20-10-5-4-9-18(20)15-23(21)22/h1-14,16H,15H2,(H,31,32). The Morgan fingerprint density at radius 3 is 2.41 bits per heavy atom. The highest BCUT2D eigenvalue weighted by Gasteiger charge is 2.28. The van der Waals surface area contributed by atoms with Crippen molar-refractivity contribution >= 4 is 5.97 Å². The molecule has 1 aliphatic carbocycles. The molecule has 0 aliphatic heterocycles. The van der Waals surface area contributed by atoms with E-state index in [0.29, 0.717) is 17.2 Å². The molecule has 6 heteroatoms. The maximum Gasteiger partial charge on any atom is 0.337 e. The summed E-state index contributed by atoms with van der Waals surface area (Å²) in [5, 5.41) is 13.5. The number of carboxylic acids is 1. The molecular formula is C28H18N2O4. The highest BCUT2D eigenvalue weighted by molar-refractivity contribution is 5.88. The van der Waals surface area contributed by atoms with E-state index in [4.69, 9.17) is 9.26 Å². The normalized spacial score (nSPS) is 11.6. The number of carboxylic acid groups (broad SMARTS) is 1. The maximum atomic E-state index is 11.2. The first kappa shape index (κ1) is 19.9. The molecule has 2 heterocycles. The Morgan fingerprint density at radius 2 is 1.62 bits per heavy atom. The second-order valence-corrected chi connectivity index (χ2v) is 8.01. The minimum atomic E-state index is -1.05. The lowest BCUT2D eigenvalue weighted by atomic mass is 9.98. The van der Waals surface area contributed by atoms with Gasteiger partial charge in [-0.05, 0) is 34.7 Å². The average Bonchev–Trinajstić information content (AvgIpc) is 3.46.